The van der Waals surface area contributed by atoms with Gasteiger partial charge >= 0.3 is 11.9 Å². The highest BCUT2D eigenvalue weighted by Crippen LogP contribution is 2.43. The van der Waals surface area contributed by atoms with Crippen LogP contribution in [0.2, 0.25) is 0 Å². The molecule has 4 nitrogen and oxygen atoms in total. The zero-order valence-electron chi connectivity index (χ0n) is 65.8. The Hall–Kier alpha value is -12.3. The summed E-state index contributed by atoms with van der Waals surface area (Å²) in [5, 5.41) is 19.4. The fourth-order valence-electron chi connectivity index (χ4n) is 17.2. The number of fused-ring (bicyclic) bond motifs is 15. The van der Waals surface area contributed by atoms with Gasteiger partial charge in [0.25, 0.3) is 0 Å². The van der Waals surface area contributed by atoms with Gasteiger partial charge in [0.15, 0.2) is 0 Å². The summed E-state index contributed by atoms with van der Waals surface area (Å²) in [7, 11) is 0. The van der Waals surface area contributed by atoms with Gasteiger partial charge in [0.05, 0.1) is 24.3 Å². The zero-order valence-corrected chi connectivity index (χ0v) is 65.8. The van der Waals surface area contributed by atoms with E-state index >= 15 is 0 Å². The molecule has 540 valence electrons. The van der Waals surface area contributed by atoms with Crippen molar-refractivity contribution in [3.63, 3.8) is 0 Å². The number of esters is 2. The first-order valence-electron chi connectivity index (χ1n) is 38.8. The standard InChI is InChI=1S/C106H92O4/c1-17-79-55-85-57-81(92-33-21-27-69(13)98(92)102(85)96-67(11)25-19-31-90(79)96)41-37-73-49-75(53-88(51-73)105(107)109-61-77(45-63(3)4)46-64(5)6)39-43-83-59-87-60-84(95-36-24-30-72(16)101(95)104(87)100-71(15)29-23-35-94(83)100)44-40-76-50-74(52-89(54-76)106(108)110-62-78(47-65(7)8)48-66(9)10)38-42-82-58-86-56-80(18-2)91-32-20-26-68(12)97(91)103(86)99-70(14)28-22-34-93(82)99/h1-2,19-36,49-60,63-66,77-78H,45-48,61-62H2,3-16H3. The van der Waals surface area contributed by atoms with E-state index in [1.54, 1.807) is 0 Å². The first-order chi connectivity index (χ1) is 53.0. The summed E-state index contributed by atoms with van der Waals surface area (Å²) in [6, 6.07) is 62.5. The van der Waals surface area contributed by atoms with Crippen molar-refractivity contribution in [2.24, 2.45) is 35.5 Å². The minimum absolute atomic E-state index is 0.218. The van der Waals surface area contributed by atoms with Crippen LogP contribution in [0.1, 0.15) is 191 Å². The van der Waals surface area contributed by atoms with Crippen LogP contribution in [-0.2, 0) is 9.47 Å². The van der Waals surface area contributed by atoms with Crippen molar-refractivity contribution in [2.75, 3.05) is 13.2 Å². The van der Waals surface area contributed by atoms with E-state index in [-0.39, 0.29) is 11.8 Å². The summed E-state index contributed by atoms with van der Waals surface area (Å²) in [4.78, 5) is 29.2. The largest absolute Gasteiger partial charge is 0.462 e. The van der Waals surface area contributed by atoms with Crippen molar-refractivity contribution in [1.29, 1.82) is 0 Å². The van der Waals surface area contributed by atoms with Crippen LogP contribution in [0.3, 0.4) is 0 Å². The Balaban J connectivity index is 0.904. The van der Waals surface area contributed by atoms with Gasteiger partial charge in [-0.2, -0.15) is 0 Å². The summed E-state index contributed by atoms with van der Waals surface area (Å²) in [5.41, 5.74) is 15.1. The molecule has 0 aliphatic rings. The van der Waals surface area contributed by atoms with E-state index in [0.717, 1.165) is 189 Å². The molecule has 0 saturated carbocycles. The van der Waals surface area contributed by atoms with Crippen LogP contribution in [0.4, 0.5) is 0 Å². The minimum Gasteiger partial charge on any atom is -0.462 e. The van der Waals surface area contributed by atoms with E-state index in [0.29, 0.717) is 70.3 Å². The highest BCUT2D eigenvalue weighted by atomic mass is 16.5. The SMILES string of the molecule is C#Cc1cc2cc(C#Cc3cc(C#Cc4cc5cc(C#Cc6cc(C#Cc7cc8cc(C#C)c9cccc(C)c9c8c8c(C)cccc78)cc(C(=O)OCC(CC(C)C)CC(C)C)c6)c6cccc(C)c6c5c5c(C)cccc45)cc(C(=O)OCC(CC(C)C)CC(C)C)c3)c3cccc(C)c3c2c2c(C)cccc12. The summed E-state index contributed by atoms with van der Waals surface area (Å²) in [6.07, 6.45) is 16.3. The van der Waals surface area contributed by atoms with Crippen LogP contribution in [-0.4, -0.2) is 25.2 Å². The Kier molecular flexibility index (Phi) is 21.4. The van der Waals surface area contributed by atoms with Crippen molar-refractivity contribution in [3.05, 3.63) is 282 Å². The lowest BCUT2D eigenvalue weighted by atomic mass is 9.88. The van der Waals surface area contributed by atoms with Gasteiger partial charge in [0.1, 0.15) is 0 Å². The molecule has 0 unspecified atom stereocenters. The predicted octanol–water partition coefficient (Wildman–Crippen LogP) is 25.2. The number of carbonyl (C=O) groups excluding carboxylic acids is 2. The second-order valence-electron chi connectivity index (χ2n) is 32.2. The molecule has 0 heterocycles. The molecule has 0 amide bonds. The van der Waals surface area contributed by atoms with Crippen LogP contribution in [0.5, 0.6) is 0 Å². The summed E-state index contributed by atoms with van der Waals surface area (Å²) < 4.78 is 12.6. The molecule has 14 aromatic rings. The molecule has 0 fully saturated rings. The second kappa shape index (κ2) is 31.5. The smallest absolute Gasteiger partial charge is 0.338 e. The van der Waals surface area contributed by atoms with Crippen molar-refractivity contribution in [1.82, 2.24) is 0 Å². The van der Waals surface area contributed by atoms with Gasteiger partial charge in [-0.25, -0.2) is 9.59 Å². The number of terminal acetylenes is 2. The maximum Gasteiger partial charge on any atom is 0.338 e. The third-order valence-electron chi connectivity index (χ3n) is 21.7. The number of hydrogen-bond acceptors (Lipinski definition) is 4. The van der Waals surface area contributed by atoms with Gasteiger partial charge in [-0.3, -0.25) is 0 Å². The van der Waals surface area contributed by atoms with Gasteiger partial charge in [0.2, 0.25) is 0 Å². The number of hydrogen-bond donors (Lipinski definition) is 0. The molecular formula is C106H92O4. The summed E-state index contributed by atoms with van der Waals surface area (Å²) >= 11 is 0. The van der Waals surface area contributed by atoms with Gasteiger partial charge in [-0.15, -0.1) is 12.8 Å². The highest BCUT2D eigenvalue weighted by Gasteiger charge is 2.23. The predicted molar refractivity (Wildman–Crippen MR) is 463 cm³/mol. The lowest BCUT2D eigenvalue weighted by Gasteiger charge is -2.20. The van der Waals surface area contributed by atoms with Gasteiger partial charge in [-0.05, 0) is 306 Å². The Bertz CT molecular complexity index is 6130. The van der Waals surface area contributed by atoms with E-state index in [1.165, 1.54) is 0 Å². The lowest BCUT2D eigenvalue weighted by molar-refractivity contribution is 0.0398. The molecule has 0 aliphatic carbocycles. The third-order valence-corrected chi connectivity index (χ3v) is 21.7. The number of benzene rings is 14. The Morgan fingerprint density at radius 1 is 0.291 bits per heavy atom. The first-order valence-corrected chi connectivity index (χ1v) is 38.8. The Labute approximate surface area is 649 Å². The Morgan fingerprint density at radius 2 is 0.509 bits per heavy atom. The van der Waals surface area contributed by atoms with Crippen LogP contribution < -0.4 is 0 Å². The van der Waals surface area contributed by atoms with Gasteiger partial charge < -0.3 is 9.47 Å². The van der Waals surface area contributed by atoms with Gasteiger partial charge in [-0.1, -0.05) is 224 Å². The molecule has 0 spiro atoms. The summed E-state index contributed by atoms with van der Waals surface area (Å²) in [6.45, 7) is 31.3. The van der Waals surface area contributed by atoms with Crippen molar-refractivity contribution >= 4 is 109 Å². The molecule has 14 rings (SSSR count). The molecule has 0 aromatic heterocycles. The normalized spacial score (nSPS) is 11.5. The quantitative estimate of drug-likeness (QED) is 0.0618. The molecular weight excluding hydrogens is 1340 g/mol. The molecule has 0 atom stereocenters. The molecule has 14 aromatic carbocycles. The van der Waals surface area contributed by atoms with Gasteiger partial charge in [0, 0.05) is 55.6 Å². The van der Waals surface area contributed by atoms with Crippen molar-refractivity contribution in [3.8, 4) is 72.1 Å². The average Bonchev–Trinajstić information content (AvgIpc) is 0.742. The first kappa shape index (κ1) is 74.6. The number of ether oxygens (including phenoxy) is 2. The number of aryl methyl sites for hydroxylation is 6. The average molecular weight is 1430 g/mol. The highest BCUT2D eigenvalue weighted by molar-refractivity contribution is 6.27. The third kappa shape index (κ3) is 15.2. The van der Waals surface area contributed by atoms with E-state index in [1.807, 2.05) is 36.4 Å². The summed E-state index contributed by atoms with van der Waals surface area (Å²) in [5.74, 6) is 36.1. The number of carbonyl (C=O) groups is 2. The second-order valence-corrected chi connectivity index (χ2v) is 32.2. The fraction of sp³-hybridized carbons (Fsp3) is 0.245. The van der Waals surface area contributed by atoms with Crippen LogP contribution in [0.25, 0.3) is 97.0 Å². The molecule has 110 heavy (non-hydrogen) atoms. The Morgan fingerprint density at radius 3 is 0.727 bits per heavy atom. The van der Waals surface area contributed by atoms with E-state index in [4.69, 9.17) is 22.3 Å². The lowest BCUT2D eigenvalue weighted by Crippen LogP contribution is -2.18. The fourth-order valence-corrected chi connectivity index (χ4v) is 17.2. The van der Waals surface area contributed by atoms with Crippen molar-refractivity contribution < 1.29 is 19.1 Å². The monoisotopic (exact) mass is 1430 g/mol. The van der Waals surface area contributed by atoms with Crippen LogP contribution >= 0.6 is 0 Å². The molecule has 0 aliphatic heterocycles. The molecule has 0 N–H and O–H groups in total. The topological polar surface area (TPSA) is 52.6 Å². The van der Waals surface area contributed by atoms with Crippen LogP contribution in [0, 0.1) is 149 Å². The zero-order chi connectivity index (χ0) is 77.3. The van der Waals surface area contributed by atoms with E-state index < -0.39 is 11.9 Å². The van der Waals surface area contributed by atoms with Crippen LogP contribution in [0.15, 0.2) is 182 Å². The molecule has 0 saturated heterocycles. The van der Waals surface area contributed by atoms with E-state index in [9.17, 15) is 9.59 Å². The maximum absolute atomic E-state index is 14.6. The number of rotatable bonds is 14. The molecule has 0 bridgehead atoms. The minimum atomic E-state index is -0.412. The maximum atomic E-state index is 14.6. The molecule has 4 heteroatoms. The van der Waals surface area contributed by atoms with Crippen molar-refractivity contribution in [2.45, 2.75) is 123 Å². The molecule has 0 radical (unpaired) electrons. The van der Waals surface area contributed by atoms with E-state index in [2.05, 4.69) is 302 Å².